The quantitative estimate of drug-likeness (QED) is 0.722. The van der Waals surface area contributed by atoms with E-state index in [0.717, 1.165) is 29.8 Å². The number of piperidine rings is 1. The Morgan fingerprint density at radius 3 is 2.83 bits per heavy atom. The molecule has 4 rings (SSSR count). The van der Waals surface area contributed by atoms with Crippen molar-refractivity contribution in [2.45, 2.75) is 25.3 Å². The van der Waals surface area contributed by atoms with Gasteiger partial charge in [0.25, 0.3) is 0 Å². The molecule has 0 aliphatic carbocycles. The van der Waals surface area contributed by atoms with Crippen LogP contribution in [0, 0.1) is 0 Å². The van der Waals surface area contributed by atoms with Gasteiger partial charge < -0.3 is 9.32 Å². The lowest BCUT2D eigenvalue weighted by atomic mass is 9.97. The van der Waals surface area contributed by atoms with Gasteiger partial charge in [-0.2, -0.15) is 0 Å². The molecule has 2 aromatic heterocycles. The first-order valence-corrected chi connectivity index (χ1v) is 7.63. The fourth-order valence-corrected chi connectivity index (χ4v) is 2.93. The van der Waals surface area contributed by atoms with E-state index < -0.39 is 0 Å². The Balaban J connectivity index is 1.39. The van der Waals surface area contributed by atoms with Gasteiger partial charge in [-0.25, -0.2) is 9.67 Å². The molecule has 0 unspecified atom stereocenters. The topological polar surface area (TPSA) is 89.9 Å². The maximum absolute atomic E-state index is 12.2. The van der Waals surface area contributed by atoms with Crippen molar-refractivity contribution in [1.82, 2.24) is 30.1 Å². The zero-order valence-corrected chi connectivity index (χ0v) is 12.5. The molecule has 3 aromatic rings. The number of tetrazole rings is 1. The molecule has 0 bridgehead atoms. The summed E-state index contributed by atoms with van der Waals surface area (Å²) in [5.41, 5.74) is 1.71. The van der Waals surface area contributed by atoms with Crippen LogP contribution >= 0.6 is 0 Å². The van der Waals surface area contributed by atoms with Crippen molar-refractivity contribution in [1.29, 1.82) is 0 Å². The van der Waals surface area contributed by atoms with Gasteiger partial charge in [0, 0.05) is 19.0 Å². The first-order chi connectivity index (χ1) is 11.3. The van der Waals surface area contributed by atoms with Crippen molar-refractivity contribution in [3.63, 3.8) is 0 Å². The Labute approximate surface area is 132 Å². The molecule has 8 nitrogen and oxygen atoms in total. The highest BCUT2D eigenvalue weighted by molar-refractivity contribution is 5.76. The molecular weight excluding hydrogens is 296 g/mol. The molecule has 0 saturated carbocycles. The van der Waals surface area contributed by atoms with Crippen LogP contribution in [0.1, 0.15) is 24.7 Å². The first-order valence-electron chi connectivity index (χ1n) is 7.63. The molecule has 1 aliphatic heterocycles. The minimum Gasteiger partial charge on any atom is -0.440 e. The molecule has 3 heterocycles. The van der Waals surface area contributed by atoms with Gasteiger partial charge in [0.05, 0.1) is 0 Å². The van der Waals surface area contributed by atoms with Gasteiger partial charge in [0.2, 0.25) is 5.91 Å². The van der Waals surface area contributed by atoms with Crippen molar-refractivity contribution in [3.8, 4) is 0 Å². The third-order valence-corrected chi connectivity index (χ3v) is 4.20. The lowest BCUT2D eigenvalue weighted by Crippen LogP contribution is -2.39. The number of benzene rings is 1. The number of carbonyl (C=O) groups is 1. The smallest absolute Gasteiger partial charge is 0.244 e. The monoisotopic (exact) mass is 312 g/mol. The number of hydrogen-bond acceptors (Lipinski definition) is 6. The number of aromatic nitrogens is 5. The summed E-state index contributed by atoms with van der Waals surface area (Å²) in [6.07, 6.45) is 3.16. The third-order valence-electron chi connectivity index (χ3n) is 4.20. The van der Waals surface area contributed by atoms with Gasteiger partial charge in [0.15, 0.2) is 11.5 Å². The fourth-order valence-electron chi connectivity index (χ4n) is 2.93. The van der Waals surface area contributed by atoms with E-state index in [-0.39, 0.29) is 18.4 Å². The SMILES string of the molecule is O=C(Cn1cnnn1)N1CCC(c2nc3ccccc3o2)CC1. The molecule has 0 radical (unpaired) electrons. The van der Waals surface area contributed by atoms with Crippen LogP contribution in [0.25, 0.3) is 11.1 Å². The fraction of sp³-hybridized carbons (Fsp3) is 0.400. The summed E-state index contributed by atoms with van der Waals surface area (Å²) in [7, 11) is 0. The molecule has 118 valence electrons. The van der Waals surface area contributed by atoms with Crippen LogP contribution < -0.4 is 0 Å². The number of amides is 1. The molecule has 1 fully saturated rings. The number of oxazole rings is 1. The molecule has 1 aliphatic rings. The lowest BCUT2D eigenvalue weighted by Gasteiger charge is -2.30. The number of para-hydroxylation sites is 2. The molecule has 1 amide bonds. The maximum Gasteiger partial charge on any atom is 0.244 e. The highest BCUT2D eigenvalue weighted by Crippen LogP contribution is 2.29. The Bertz CT molecular complexity index is 771. The van der Waals surface area contributed by atoms with E-state index in [9.17, 15) is 4.79 Å². The summed E-state index contributed by atoms with van der Waals surface area (Å²) in [5.74, 6) is 1.08. The molecular formula is C15H16N6O2. The largest absolute Gasteiger partial charge is 0.440 e. The minimum atomic E-state index is 0.0355. The lowest BCUT2D eigenvalue weighted by molar-refractivity contribution is -0.133. The van der Waals surface area contributed by atoms with E-state index in [1.54, 1.807) is 0 Å². The van der Waals surface area contributed by atoms with Crippen LogP contribution in [0.3, 0.4) is 0 Å². The van der Waals surface area contributed by atoms with Crippen LogP contribution in [0.5, 0.6) is 0 Å². The molecule has 8 heteroatoms. The van der Waals surface area contributed by atoms with Gasteiger partial charge >= 0.3 is 0 Å². The average molecular weight is 312 g/mol. The number of carbonyl (C=O) groups excluding carboxylic acids is 1. The summed E-state index contributed by atoms with van der Waals surface area (Å²) in [6.45, 7) is 1.58. The number of nitrogens with zero attached hydrogens (tertiary/aromatic N) is 6. The Morgan fingerprint density at radius 2 is 2.09 bits per heavy atom. The van der Waals surface area contributed by atoms with E-state index in [1.807, 2.05) is 29.2 Å². The molecule has 1 saturated heterocycles. The van der Waals surface area contributed by atoms with Crippen molar-refractivity contribution < 1.29 is 9.21 Å². The predicted molar refractivity (Wildman–Crippen MR) is 80.4 cm³/mol. The second-order valence-corrected chi connectivity index (χ2v) is 5.68. The second kappa shape index (κ2) is 5.79. The minimum absolute atomic E-state index is 0.0355. The Kier molecular flexibility index (Phi) is 3.49. The maximum atomic E-state index is 12.2. The summed E-state index contributed by atoms with van der Waals surface area (Å²) in [4.78, 5) is 18.6. The van der Waals surface area contributed by atoms with Crippen LogP contribution in [-0.2, 0) is 11.3 Å². The summed E-state index contributed by atoms with van der Waals surface area (Å²) >= 11 is 0. The normalized spacial score (nSPS) is 16.1. The van der Waals surface area contributed by atoms with E-state index in [1.165, 1.54) is 11.0 Å². The number of hydrogen-bond donors (Lipinski definition) is 0. The van der Waals surface area contributed by atoms with Crippen LogP contribution in [-0.4, -0.2) is 49.1 Å². The standard InChI is InChI=1S/C15H16N6O2/c22-14(9-21-10-16-18-19-21)20-7-5-11(6-8-20)15-17-12-3-1-2-4-13(12)23-15/h1-4,10-11H,5-9H2. The van der Waals surface area contributed by atoms with Crippen LogP contribution in [0.2, 0.25) is 0 Å². The summed E-state index contributed by atoms with van der Waals surface area (Å²) < 4.78 is 7.28. The van der Waals surface area contributed by atoms with Gasteiger partial charge in [-0.15, -0.1) is 5.10 Å². The molecule has 1 aromatic carbocycles. The number of likely N-dealkylation sites (tertiary alicyclic amines) is 1. The zero-order valence-electron chi connectivity index (χ0n) is 12.5. The molecule has 23 heavy (non-hydrogen) atoms. The van der Waals surface area contributed by atoms with Crippen molar-refractivity contribution in [2.24, 2.45) is 0 Å². The first kappa shape index (κ1) is 13.9. The van der Waals surface area contributed by atoms with Crippen LogP contribution in [0.4, 0.5) is 0 Å². The van der Waals surface area contributed by atoms with Crippen molar-refractivity contribution in [2.75, 3.05) is 13.1 Å². The summed E-state index contributed by atoms with van der Waals surface area (Å²) in [5, 5.41) is 10.8. The van der Waals surface area contributed by atoms with Crippen molar-refractivity contribution >= 4 is 17.0 Å². The van der Waals surface area contributed by atoms with Crippen LogP contribution in [0.15, 0.2) is 35.0 Å². The third kappa shape index (κ3) is 2.79. The Hall–Kier alpha value is -2.77. The predicted octanol–water partition coefficient (Wildman–Crippen LogP) is 1.22. The Morgan fingerprint density at radius 1 is 1.26 bits per heavy atom. The number of rotatable bonds is 3. The zero-order chi connectivity index (χ0) is 15.6. The van der Waals surface area contributed by atoms with Gasteiger partial charge in [-0.3, -0.25) is 4.79 Å². The highest BCUT2D eigenvalue weighted by Gasteiger charge is 2.27. The number of fused-ring (bicyclic) bond motifs is 1. The van der Waals surface area contributed by atoms with Crippen molar-refractivity contribution in [3.05, 3.63) is 36.5 Å². The second-order valence-electron chi connectivity index (χ2n) is 5.68. The van der Waals surface area contributed by atoms with Gasteiger partial charge in [-0.05, 0) is 35.4 Å². The molecule has 0 spiro atoms. The summed E-state index contributed by atoms with van der Waals surface area (Å²) in [6, 6.07) is 7.77. The van der Waals surface area contributed by atoms with Gasteiger partial charge in [0.1, 0.15) is 18.4 Å². The van der Waals surface area contributed by atoms with E-state index in [4.69, 9.17) is 4.42 Å². The van der Waals surface area contributed by atoms with E-state index in [0.29, 0.717) is 13.1 Å². The molecule has 0 atom stereocenters. The average Bonchev–Trinajstić information content (AvgIpc) is 3.24. The molecule has 0 N–H and O–H groups in total. The van der Waals surface area contributed by atoms with E-state index in [2.05, 4.69) is 20.5 Å². The highest BCUT2D eigenvalue weighted by atomic mass is 16.3. The van der Waals surface area contributed by atoms with Gasteiger partial charge in [-0.1, -0.05) is 12.1 Å². The van der Waals surface area contributed by atoms with E-state index >= 15 is 0 Å².